The van der Waals surface area contributed by atoms with Crippen LogP contribution in [0.25, 0.3) is 0 Å². The Morgan fingerprint density at radius 3 is 2.69 bits per heavy atom. The molecule has 0 fully saturated rings. The summed E-state index contributed by atoms with van der Waals surface area (Å²) in [5, 5.41) is 0.599. The maximum atomic E-state index is 5.97. The van der Waals surface area contributed by atoms with Crippen molar-refractivity contribution in [3.8, 4) is 0 Å². The molecule has 0 amide bonds. The standard InChI is InChI=1S/C14H12ClN/c15-13-9-7-11-6-8-12(14(11)16-13)10-4-2-1-3-5-10/h1-5,7,9,12H,6,8H2/t12-/m1/s1. The first kappa shape index (κ1) is 9.86. The van der Waals surface area contributed by atoms with Crippen LogP contribution in [0.1, 0.15) is 29.2 Å². The third kappa shape index (κ3) is 1.61. The number of hydrogen-bond acceptors (Lipinski definition) is 1. The van der Waals surface area contributed by atoms with Gasteiger partial charge in [0.1, 0.15) is 5.15 Å². The van der Waals surface area contributed by atoms with Gasteiger partial charge in [-0.25, -0.2) is 4.98 Å². The molecule has 0 aliphatic heterocycles. The Kier molecular flexibility index (Phi) is 2.41. The monoisotopic (exact) mass is 229 g/mol. The molecule has 1 heterocycles. The fraction of sp³-hybridized carbons (Fsp3) is 0.214. The molecule has 1 nitrogen and oxygen atoms in total. The lowest BCUT2D eigenvalue weighted by Crippen LogP contribution is -1.98. The van der Waals surface area contributed by atoms with Crippen LogP contribution in [0.2, 0.25) is 5.15 Å². The van der Waals surface area contributed by atoms with Crippen molar-refractivity contribution in [1.29, 1.82) is 0 Å². The summed E-state index contributed by atoms with van der Waals surface area (Å²) in [5.41, 5.74) is 3.85. The average Bonchev–Trinajstić information content (AvgIpc) is 2.73. The van der Waals surface area contributed by atoms with Crippen molar-refractivity contribution < 1.29 is 0 Å². The number of hydrogen-bond donors (Lipinski definition) is 0. The summed E-state index contributed by atoms with van der Waals surface area (Å²) < 4.78 is 0. The fourth-order valence-electron chi connectivity index (χ4n) is 2.44. The van der Waals surface area contributed by atoms with Gasteiger partial charge in [-0.05, 0) is 30.0 Å². The molecular weight excluding hydrogens is 218 g/mol. The number of rotatable bonds is 1. The Labute approximate surface area is 100 Å². The van der Waals surface area contributed by atoms with Gasteiger partial charge in [-0.3, -0.25) is 0 Å². The van der Waals surface area contributed by atoms with E-state index in [4.69, 9.17) is 11.6 Å². The second-order valence-electron chi connectivity index (χ2n) is 4.18. The largest absolute Gasteiger partial charge is 0.240 e. The van der Waals surface area contributed by atoms with Crippen molar-refractivity contribution in [2.45, 2.75) is 18.8 Å². The molecule has 0 N–H and O–H groups in total. The molecule has 0 bridgehead atoms. The van der Waals surface area contributed by atoms with Crippen LogP contribution in [0.15, 0.2) is 42.5 Å². The third-order valence-corrected chi connectivity index (χ3v) is 3.42. The first-order valence-electron chi connectivity index (χ1n) is 5.55. The topological polar surface area (TPSA) is 12.9 Å². The van der Waals surface area contributed by atoms with Gasteiger partial charge < -0.3 is 0 Å². The van der Waals surface area contributed by atoms with Crippen LogP contribution >= 0.6 is 11.6 Å². The number of aryl methyl sites for hydroxylation is 1. The van der Waals surface area contributed by atoms with Gasteiger partial charge in [0.2, 0.25) is 0 Å². The molecule has 1 atom stereocenters. The Morgan fingerprint density at radius 1 is 1.06 bits per heavy atom. The molecule has 0 unspecified atom stereocenters. The molecular formula is C14H12ClN. The number of pyridine rings is 1. The Morgan fingerprint density at radius 2 is 1.88 bits per heavy atom. The van der Waals surface area contributed by atoms with Crippen molar-refractivity contribution in [3.63, 3.8) is 0 Å². The van der Waals surface area contributed by atoms with E-state index in [0.29, 0.717) is 11.1 Å². The SMILES string of the molecule is Clc1ccc2c(n1)[C@@H](c1ccccc1)CC2. The van der Waals surface area contributed by atoms with E-state index in [9.17, 15) is 0 Å². The first-order chi connectivity index (χ1) is 7.84. The van der Waals surface area contributed by atoms with Crippen molar-refractivity contribution in [1.82, 2.24) is 4.98 Å². The lowest BCUT2D eigenvalue weighted by molar-refractivity contribution is 0.772. The minimum absolute atomic E-state index is 0.426. The average molecular weight is 230 g/mol. The molecule has 0 saturated carbocycles. The molecule has 1 aliphatic carbocycles. The normalized spacial score (nSPS) is 18.4. The van der Waals surface area contributed by atoms with E-state index >= 15 is 0 Å². The van der Waals surface area contributed by atoms with Crippen molar-refractivity contribution in [2.75, 3.05) is 0 Å². The van der Waals surface area contributed by atoms with E-state index in [2.05, 4.69) is 35.3 Å². The van der Waals surface area contributed by atoms with Gasteiger partial charge in [0, 0.05) is 5.92 Å². The van der Waals surface area contributed by atoms with Gasteiger partial charge in [0.15, 0.2) is 0 Å². The zero-order chi connectivity index (χ0) is 11.0. The highest BCUT2D eigenvalue weighted by molar-refractivity contribution is 6.29. The zero-order valence-electron chi connectivity index (χ0n) is 8.86. The fourth-order valence-corrected chi connectivity index (χ4v) is 2.59. The predicted molar refractivity (Wildman–Crippen MR) is 65.9 cm³/mol. The smallest absolute Gasteiger partial charge is 0.129 e. The number of fused-ring (bicyclic) bond motifs is 1. The van der Waals surface area contributed by atoms with E-state index in [1.165, 1.54) is 16.8 Å². The summed E-state index contributed by atoms with van der Waals surface area (Å²) in [6.07, 6.45) is 2.26. The lowest BCUT2D eigenvalue weighted by Gasteiger charge is -2.10. The van der Waals surface area contributed by atoms with Gasteiger partial charge in [-0.15, -0.1) is 0 Å². The van der Waals surface area contributed by atoms with E-state index in [-0.39, 0.29) is 0 Å². The van der Waals surface area contributed by atoms with Crippen molar-refractivity contribution >= 4 is 11.6 Å². The summed E-state index contributed by atoms with van der Waals surface area (Å²) in [4.78, 5) is 4.48. The van der Waals surface area contributed by atoms with Crippen LogP contribution in [0, 0.1) is 0 Å². The predicted octanol–water partition coefficient (Wildman–Crippen LogP) is 3.81. The highest BCUT2D eigenvalue weighted by Crippen LogP contribution is 2.37. The number of benzene rings is 1. The van der Waals surface area contributed by atoms with Crippen LogP contribution in [0.4, 0.5) is 0 Å². The van der Waals surface area contributed by atoms with Crippen LogP contribution in [-0.2, 0) is 6.42 Å². The van der Waals surface area contributed by atoms with Gasteiger partial charge in [0.05, 0.1) is 5.69 Å². The first-order valence-corrected chi connectivity index (χ1v) is 5.92. The minimum Gasteiger partial charge on any atom is -0.240 e. The van der Waals surface area contributed by atoms with E-state index < -0.39 is 0 Å². The molecule has 2 aromatic rings. The number of nitrogens with zero attached hydrogens (tertiary/aromatic N) is 1. The van der Waals surface area contributed by atoms with Crippen LogP contribution in [-0.4, -0.2) is 4.98 Å². The molecule has 80 valence electrons. The Hall–Kier alpha value is -1.34. The maximum Gasteiger partial charge on any atom is 0.129 e. The summed E-state index contributed by atoms with van der Waals surface area (Å²) >= 11 is 5.97. The zero-order valence-corrected chi connectivity index (χ0v) is 9.61. The molecule has 1 aliphatic rings. The maximum absolute atomic E-state index is 5.97. The Bertz CT molecular complexity index is 507. The molecule has 2 heteroatoms. The highest BCUT2D eigenvalue weighted by atomic mass is 35.5. The van der Waals surface area contributed by atoms with Crippen LogP contribution in [0.5, 0.6) is 0 Å². The summed E-state index contributed by atoms with van der Waals surface area (Å²) in [6.45, 7) is 0. The van der Waals surface area contributed by atoms with Gasteiger partial charge in [-0.1, -0.05) is 48.0 Å². The summed E-state index contributed by atoms with van der Waals surface area (Å²) in [7, 11) is 0. The number of halogens is 1. The van der Waals surface area contributed by atoms with E-state index in [1.54, 1.807) is 0 Å². The summed E-state index contributed by atoms with van der Waals surface area (Å²) in [5.74, 6) is 0.426. The molecule has 0 spiro atoms. The van der Waals surface area contributed by atoms with Crippen molar-refractivity contribution in [2.24, 2.45) is 0 Å². The molecule has 0 saturated heterocycles. The lowest BCUT2D eigenvalue weighted by atomic mass is 9.97. The van der Waals surface area contributed by atoms with Gasteiger partial charge >= 0.3 is 0 Å². The quantitative estimate of drug-likeness (QED) is 0.678. The molecule has 3 rings (SSSR count). The minimum atomic E-state index is 0.426. The van der Waals surface area contributed by atoms with E-state index in [1.807, 2.05) is 12.1 Å². The molecule has 0 radical (unpaired) electrons. The van der Waals surface area contributed by atoms with Crippen molar-refractivity contribution in [3.05, 3.63) is 64.4 Å². The van der Waals surface area contributed by atoms with E-state index in [0.717, 1.165) is 12.8 Å². The molecule has 1 aromatic heterocycles. The molecule has 1 aromatic carbocycles. The van der Waals surface area contributed by atoms with Crippen LogP contribution in [0.3, 0.4) is 0 Å². The highest BCUT2D eigenvalue weighted by Gasteiger charge is 2.25. The number of aromatic nitrogens is 1. The van der Waals surface area contributed by atoms with Gasteiger partial charge in [0.25, 0.3) is 0 Å². The summed E-state index contributed by atoms with van der Waals surface area (Å²) in [6, 6.07) is 14.5. The second kappa shape index (κ2) is 3.91. The van der Waals surface area contributed by atoms with Gasteiger partial charge in [-0.2, -0.15) is 0 Å². The second-order valence-corrected chi connectivity index (χ2v) is 4.57. The Balaban J connectivity index is 2.06. The van der Waals surface area contributed by atoms with Crippen LogP contribution < -0.4 is 0 Å². The molecule has 16 heavy (non-hydrogen) atoms. The third-order valence-electron chi connectivity index (χ3n) is 3.21.